The normalized spacial score (nSPS) is 14.8. The van der Waals surface area contributed by atoms with E-state index in [-0.39, 0.29) is 0 Å². The molecule has 1 aromatic rings. The van der Waals surface area contributed by atoms with Crippen molar-refractivity contribution < 1.29 is 4.74 Å². The summed E-state index contributed by atoms with van der Waals surface area (Å²) < 4.78 is 6.52. The molecule has 0 aromatic heterocycles. The van der Waals surface area contributed by atoms with Crippen LogP contribution in [0.2, 0.25) is 0 Å². The minimum atomic E-state index is 0.843. The van der Waals surface area contributed by atoms with E-state index >= 15 is 0 Å². The lowest BCUT2D eigenvalue weighted by Crippen LogP contribution is -2.17. The van der Waals surface area contributed by atoms with Crippen molar-refractivity contribution in [2.24, 2.45) is 0 Å². The number of halogens is 1. The molecule has 0 aliphatic heterocycles. The topological polar surface area (TPSA) is 21.3 Å². The lowest BCUT2D eigenvalue weighted by molar-refractivity contribution is 0.408. The highest BCUT2D eigenvalue weighted by Crippen LogP contribution is 2.24. The van der Waals surface area contributed by atoms with Gasteiger partial charge in [-0.3, -0.25) is 0 Å². The molecule has 0 spiro atoms. The van der Waals surface area contributed by atoms with Crippen LogP contribution in [0.5, 0.6) is 5.75 Å². The standard InChI is InChI=1S/C15H22BrNO/c1-18-15-9-6-13(16)11-12(15)5-3-2-4-10-17-14-7-8-14/h6,9,11,14,17H,2-5,7-8,10H2,1H3. The predicted molar refractivity (Wildman–Crippen MR) is 79.3 cm³/mol. The number of hydrogen-bond donors (Lipinski definition) is 1. The Bertz CT molecular complexity index is 377. The third-order valence-electron chi connectivity index (χ3n) is 3.38. The summed E-state index contributed by atoms with van der Waals surface area (Å²) in [6.45, 7) is 1.18. The van der Waals surface area contributed by atoms with Crippen molar-refractivity contribution in [3.05, 3.63) is 28.2 Å². The molecule has 0 bridgehead atoms. The van der Waals surface area contributed by atoms with E-state index in [0.717, 1.165) is 22.7 Å². The minimum Gasteiger partial charge on any atom is -0.496 e. The highest BCUT2D eigenvalue weighted by atomic mass is 79.9. The molecule has 2 nitrogen and oxygen atoms in total. The summed E-state index contributed by atoms with van der Waals surface area (Å²) in [7, 11) is 1.74. The van der Waals surface area contributed by atoms with Crippen molar-refractivity contribution >= 4 is 15.9 Å². The predicted octanol–water partition coefficient (Wildman–Crippen LogP) is 3.92. The average Bonchev–Trinajstić information content (AvgIpc) is 3.18. The first-order valence-electron chi connectivity index (χ1n) is 6.85. The van der Waals surface area contributed by atoms with Gasteiger partial charge in [0.25, 0.3) is 0 Å². The van der Waals surface area contributed by atoms with Gasteiger partial charge in [0, 0.05) is 10.5 Å². The Labute approximate surface area is 118 Å². The zero-order chi connectivity index (χ0) is 12.8. The van der Waals surface area contributed by atoms with Crippen LogP contribution in [0.15, 0.2) is 22.7 Å². The molecule has 1 aromatic carbocycles. The maximum atomic E-state index is 5.39. The van der Waals surface area contributed by atoms with E-state index in [0.29, 0.717) is 0 Å². The summed E-state index contributed by atoms with van der Waals surface area (Å²) >= 11 is 3.52. The number of hydrogen-bond acceptors (Lipinski definition) is 2. The van der Waals surface area contributed by atoms with E-state index in [9.17, 15) is 0 Å². The molecule has 1 saturated carbocycles. The maximum Gasteiger partial charge on any atom is 0.122 e. The third-order valence-corrected chi connectivity index (χ3v) is 3.87. The van der Waals surface area contributed by atoms with Gasteiger partial charge in [-0.1, -0.05) is 22.4 Å². The van der Waals surface area contributed by atoms with Crippen molar-refractivity contribution in [1.29, 1.82) is 0 Å². The number of nitrogens with one attached hydrogen (secondary N) is 1. The third kappa shape index (κ3) is 4.62. The van der Waals surface area contributed by atoms with Crippen molar-refractivity contribution in [3.63, 3.8) is 0 Å². The molecule has 3 heteroatoms. The molecule has 1 N–H and O–H groups in total. The quantitative estimate of drug-likeness (QED) is 0.735. The van der Waals surface area contributed by atoms with Crippen LogP contribution < -0.4 is 10.1 Å². The van der Waals surface area contributed by atoms with Crippen LogP contribution in [0.4, 0.5) is 0 Å². The molecular formula is C15H22BrNO. The molecular weight excluding hydrogens is 290 g/mol. The van der Waals surface area contributed by atoms with Crippen LogP contribution in [0.1, 0.15) is 37.7 Å². The smallest absolute Gasteiger partial charge is 0.122 e. The second kappa shape index (κ2) is 7.15. The Morgan fingerprint density at radius 1 is 1.28 bits per heavy atom. The molecule has 18 heavy (non-hydrogen) atoms. The SMILES string of the molecule is COc1ccc(Br)cc1CCCCCNC1CC1. The van der Waals surface area contributed by atoms with Gasteiger partial charge in [-0.05, 0) is 62.4 Å². The molecule has 0 heterocycles. The molecule has 100 valence electrons. The van der Waals surface area contributed by atoms with E-state index in [4.69, 9.17) is 4.74 Å². The van der Waals surface area contributed by atoms with Crippen molar-refractivity contribution in [3.8, 4) is 5.75 Å². The van der Waals surface area contributed by atoms with Crippen LogP contribution in [0.25, 0.3) is 0 Å². The van der Waals surface area contributed by atoms with Gasteiger partial charge in [0.15, 0.2) is 0 Å². The lowest BCUT2D eigenvalue weighted by atomic mass is 10.1. The Morgan fingerprint density at radius 3 is 2.83 bits per heavy atom. The van der Waals surface area contributed by atoms with E-state index in [2.05, 4.69) is 27.3 Å². The van der Waals surface area contributed by atoms with Crippen molar-refractivity contribution in [2.45, 2.75) is 44.6 Å². The summed E-state index contributed by atoms with van der Waals surface area (Å²) in [5.74, 6) is 1.01. The van der Waals surface area contributed by atoms with Gasteiger partial charge >= 0.3 is 0 Å². The Morgan fingerprint density at radius 2 is 2.11 bits per heavy atom. The molecule has 0 amide bonds. The van der Waals surface area contributed by atoms with Crippen molar-refractivity contribution in [2.75, 3.05) is 13.7 Å². The van der Waals surface area contributed by atoms with E-state index in [1.165, 1.54) is 44.2 Å². The summed E-state index contributed by atoms with van der Waals surface area (Å²) in [5.41, 5.74) is 1.31. The van der Waals surface area contributed by atoms with Crippen LogP contribution in [0, 0.1) is 0 Å². The van der Waals surface area contributed by atoms with Crippen molar-refractivity contribution in [1.82, 2.24) is 5.32 Å². The second-order valence-electron chi connectivity index (χ2n) is 5.00. The van der Waals surface area contributed by atoms with E-state index in [1.54, 1.807) is 7.11 Å². The maximum absolute atomic E-state index is 5.39. The molecule has 2 rings (SSSR count). The summed E-state index contributed by atoms with van der Waals surface area (Å²) in [4.78, 5) is 0. The minimum absolute atomic E-state index is 0.843. The van der Waals surface area contributed by atoms with Gasteiger partial charge in [0.2, 0.25) is 0 Å². The highest BCUT2D eigenvalue weighted by Gasteiger charge is 2.19. The largest absolute Gasteiger partial charge is 0.496 e. The Hall–Kier alpha value is -0.540. The highest BCUT2D eigenvalue weighted by molar-refractivity contribution is 9.10. The Balaban J connectivity index is 1.66. The zero-order valence-electron chi connectivity index (χ0n) is 11.0. The first-order chi connectivity index (χ1) is 8.79. The number of methoxy groups -OCH3 is 1. The van der Waals surface area contributed by atoms with Gasteiger partial charge in [-0.2, -0.15) is 0 Å². The fourth-order valence-electron chi connectivity index (χ4n) is 2.15. The molecule has 1 fully saturated rings. The molecule has 0 radical (unpaired) electrons. The molecule has 0 saturated heterocycles. The second-order valence-corrected chi connectivity index (χ2v) is 5.91. The molecule has 0 unspecified atom stereocenters. The lowest BCUT2D eigenvalue weighted by Gasteiger charge is -2.09. The van der Waals surface area contributed by atoms with Crippen LogP contribution >= 0.6 is 15.9 Å². The molecule has 1 aliphatic rings. The summed E-state index contributed by atoms with van der Waals surface area (Å²) in [5, 5.41) is 3.55. The van der Waals surface area contributed by atoms with Gasteiger partial charge in [-0.25, -0.2) is 0 Å². The summed E-state index contributed by atoms with van der Waals surface area (Å²) in [6, 6.07) is 7.08. The van der Waals surface area contributed by atoms with Crippen LogP contribution in [0.3, 0.4) is 0 Å². The number of aryl methyl sites for hydroxylation is 1. The Kier molecular flexibility index (Phi) is 5.51. The average molecular weight is 312 g/mol. The number of unbranched alkanes of at least 4 members (excludes halogenated alkanes) is 2. The fourth-order valence-corrected chi connectivity index (χ4v) is 2.56. The van der Waals surface area contributed by atoms with Gasteiger partial charge in [0.1, 0.15) is 5.75 Å². The van der Waals surface area contributed by atoms with Gasteiger partial charge in [0.05, 0.1) is 7.11 Å². The van der Waals surface area contributed by atoms with E-state index in [1.807, 2.05) is 12.1 Å². The molecule has 1 aliphatic carbocycles. The van der Waals surface area contributed by atoms with Gasteiger partial charge < -0.3 is 10.1 Å². The van der Waals surface area contributed by atoms with Gasteiger partial charge in [-0.15, -0.1) is 0 Å². The zero-order valence-corrected chi connectivity index (χ0v) is 12.6. The first-order valence-corrected chi connectivity index (χ1v) is 7.64. The number of rotatable bonds is 8. The first kappa shape index (κ1) is 13.9. The number of benzene rings is 1. The fraction of sp³-hybridized carbons (Fsp3) is 0.600. The van der Waals surface area contributed by atoms with E-state index < -0.39 is 0 Å². The van der Waals surface area contributed by atoms with Crippen LogP contribution in [-0.4, -0.2) is 19.7 Å². The monoisotopic (exact) mass is 311 g/mol. The molecule has 0 atom stereocenters. The van der Waals surface area contributed by atoms with Crippen LogP contribution in [-0.2, 0) is 6.42 Å². The number of ether oxygens (including phenoxy) is 1. The summed E-state index contributed by atoms with van der Waals surface area (Å²) in [6.07, 6.45) is 7.68.